The standard InChI is InChI=1S/C17H22ClN3OS/c1-11-13(18)7-6-8-14(11)21-10-9-19-16(21)23-12(2)15(22)20-17(3,4)5/h6-10,12H,1-5H3,(H,20,22)/t12-/m0/s1. The molecule has 1 aromatic carbocycles. The van der Waals surface area contributed by atoms with Gasteiger partial charge in [-0.1, -0.05) is 29.4 Å². The molecular formula is C17H22ClN3OS. The molecule has 0 aliphatic carbocycles. The summed E-state index contributed by atoms with van der Waals surface area (Å²) in [4.78, 5) is 16.6. The summed E-state index contributed by atoms with van der Waals surface area (Å²) in [7, 11) is 0. The Kier molecular flexibility index (Phi) is 5.42. The molecule has 2 rings (SSSR count). The molecule has 1 atom stereocenters. The van der Waals surface area contributed by atoms with Gasteiger partial charge in [-0.05, 0) is 52.3 Å². The van der Waals surface area contributed by atoms with E-state index in [-0.39, 0.29) is 16.7 Å². The predicted octanol–water partition coefficient (Wildman–Crippen LogP) is 4.23. The molecule has 0 bridgehead atoms. The van der Waals surface area contributed by atoms with Gasteiger partial charge in [-0.2, -0.15) is 0 Å². The van der Waals surface area contributed by atoms with Gasteiger partial charge < -0.3 is 5.32 Å². The first-order chi connectivity index (χ1) is 10.7. The molecule has 0 unspecified atom stereocenters. The third kappa shape index (κ3) is 4.52. The van der Waals surface area contributed by atoms with Crippen LogP contribution >= 0.6 is 23.4 Å². The maximum atomic E-state index is 12.3. The fourth-order valence-corrected chi connectivity index (χ4v) is 3.15. The first kappa shape index (κ1) is 17.9. The second-order valence-corrected chi connectivity index (χ2v) is 8.18. The van der Waals surface area contributed by atoms with Crippen LogP contribution in [0.3, 0.4) is 0 Å². The lowest BCUT2D eigenvalue weighted by molar-refractivity contribution is -0.121. The summed E-state index contributed by atoms with van der Waals surface area (Å²) in [5.41, 5.74) is 1.71. The van der Waals surface area contributed by atoms with E-state index in [9.17, 15) is 4.79 Å². The van der Waals surface area contributed by atoms with Gasteiger partial charge in [0.1, 0.15) is 0 Å². The minimum atomic E-state index is -0.245. The van der Waals surface area contributed by atoms with Gasteiger partial charge in [0.25, 0.3) is 0 Å². The molecule has 0 fully saturated rings. The number of rotatable bonds is 4. The molecule has 0 aliphatic rings. The maximum Gasteiger partial charge on any atom is 0.233 e. The van der Waals surface area contributed by atoms with Gasteiger partial charge in [0.2, 0.25) is 5.91 Å². The highest BCUT2D eigenvalue weighted by Crippen LogP contribution is 2.28. The highest BCUT2D eigenvalue weighted by molar-refractivity contribution is 8.00. The molecule has 6 heteroatoms. The highest BCUT2D eigenvalue weighted by atomic mass is 35.5. The van der Waals surface area contributed by atoms with Gasteiger partial charge in [-0.15, -0.1) is 0 Å². The lowest BCUT2D eigenvalue weighted by atomic mass is 10.1. The van der Waals surface area contributed by atoms with Crippen LogP contribution < -0.4 is 5.32 Å². The van der Waals surface area contributed by atoms with Crippen molar-refractivity contribution in [2.45, 2.75) is 50.6 Å². The molecule has 1 aromatic heterocycles. The lowest BCUT2D eigenvalue weighted by Crippen LogP contribution is -2.44. The van der Waals surface area contributed by atoms with Crippen LogP contribution in [0.25, 0.3) is 5.69 Å². The average Bonchev–Trinajstić information content (AvgIpc) is 2.88. The van der Waals surface area contributed by atoms with E-state index < -0.39 is 0 Å². The molecule has 1 N–H and O–H groups in total. The maximum absolute atomic E-state index is 12.3. The Morgan fingerprint density at radius 3 is 2.74 bits per heavy atom. The van der Waals surface area contributed by atoms with E-state index in [1.165, 1.54) is 11.8 Å². The van der Waals surface area contributed by atoms with Gasteiger partial charge in [0, 0.05) is 23.0 Å². The molecule has 2 aromatic rings. The second-order valence-electron chi connectivity index (χ2n) is 6.46. The molecule has 0 aliphatic heterocycles. The molecule has 0 saturated carbocycles. The molecular weight excluding hydrogens is 330 g/mol. The van der Waals surface area contributed by atoms with Gasteiger partial charge in [-0.25, -0.2) is 4.98 Å². The minimum absolute atomic E-state index is 0.000124. The molecule has 0 saturated heterocycles. The number of aromatic nitrogens is 2. The Morgan fingerprint density at radius 2 is 2.09 bits per heavy atom. The number of benzene rings is 1. The van der Waals surface area contributed by atoms with E-state index in [1.807, 2.05) is 63.6 Å². The topological polar surface area (TPSA) is 46.9 Å². The van der Waals surface area contributed by atoms with E-state index in [1.54, 1.807) is 6.20 Å². The summed E-state index contributed by atoms with van der Waals surface area (Å²) < 4.78 is 1.97. The van der Waals surface area contributed by atoms with E-state index in [2.05, 4.69) is 10.3 Å². The van der Waals surface area contributed by atoms with Crippen molar-refractivity contribution in [2.24, 2.45) is 0 Å². The molecule has 0 spiro atoms. The Labute approximate surface area is 146 Å². The normalized spacial score (nSPS) is 13.0. The Hall–Kier alpha value is -1.46. The van der Waals surface area contributed by atoms with Gasteiger partial charge in [0.05, 0.1) is 10.9 Å². The van der Waals surface area contributed by atoms with Crippen molar-refractivity contribution >= 4 is 29.3 Å². The molecule has 124 valence electrons. The zero-order valence-corrected chi connectivity index (χ0v) is 15.6. The molecule has 1 amide bonds. The van der Waals surface area contributed by atoms with Crippen LogP contribution in [0.2, 0.25) is 5.02 Å². The summed E-state index contributed by atoms with van der Waals surface area (Å²) in [5, 5.41) is 4.24. The van der Waals surface area contributed by atoms with E-state index in [0.717, 1.165) is 16.4 Å². The SMILES string of the molecule is Cc1c(Cl)cccc1-n1ccnc1S[C@@H](C)C(=O)NC(C)(C)C. The number of carbonyl (C=O) groups excluding carboxylic acids is 1. The zero-order chi connectivity index (χ0) is 17.2. The van der Waals surface area contributed by atoms with Crippen molar-refractivity contribution in [1.82, 2.24) is 14.9 Å². The van der Waals surface area contributed by atoms with Gasteiger partial charge >= 0.3 is 0 Å². The largest absolute Gasteiger partial charge is 0.351 e. The van der Waals surface area contributed by atoms with Crippen LogP contribution in [0.1, 0.15) is 33.3 Å². The predicted molar refractivity (Wildman–Crippen MR) is 96.5 cm³/mol. The summed E-state index contributed by atoms with van der Waals surface area (Å²) in [5.74, 6) is -0.000124. The van der Waals surface area contributed by atoms with Crippen LogP contribution in [0.5, 0.6) is 0 Å². The number of amides is 1. The number of hydrogen-bond acceptors (Lipinski definition) is 3. The Bertz CT molecular complexity index is 706. The van der Waals surface area contributed by atoms with Crippen molar-refractivity contribution in [3.05, 3.63) is 41.2 Å². The van der Waals surface area contributed by atoms with Crippen molar-refractivity contribution in [3.63, 3.8) is 0 Å². The fourth-order valence-electron chi connectivity index (χ4n) is 2.10. The first-order valence-corrected chi connectivity index (χ1v) is 8.72. The lowest BCUT2D eigenvalue weighted by Gasteiger charge is -2.23. The van der Waals surface area contributed by atoms with Crippen LogP contribution in [0.4, 0.5) is 0 Å². The first-order valence-electron chi connectivity index (χ1n) is 7.46. The Morgan fingerprint density at radius 1 is 1.39 bits per heavy atom. The quantitative estimate of drug-likeness (QED) is 0.838. The molecule has 1 heterocycles. The summed E-state index contributed by atoms with van der Waals surface area (Å²) in [6, 6.07) is 5.77. The number of carbonyl (C=O) groups is 1. The number of halogens is 1. The number of imidazole rings is 1. The third-order valence-corrected chi connectivity index (χ3v) is 4.75. The van der Waals surface area contributed by atoms with Crippen LogP contribution in [-0.2, 0) is 4.79 Å². The summed E-state index contributed by atoms with van der Waals surface area (Å²) in [6.45, 7) is 9.77. The number of nitrogens with zero attached hydrogens (tertiary/aromatic N) is 2. The van der Waals surface area contributed by atoms with Crippen molar-refractivity contribution in [3.8, 4) is 5.69 Å². The molecule has 0 radical (unpaired) electrons. The third-order valence-electron chi connectivity index (χ3n) is 3.26. The summed E-state index contributed by atoms with van der Waals surface area (Å²) >= 11 is 7.64. The van der Waals surface area contributed by atoms with Gasteiger partial charge in [0.15, 0.2) is 5.16 Å². The summed E-state index contributed by atoms with van der Waals surface area (Å²) in [6.07, 6.45) is 3.62. The van der Waals surface area contributed by atoms with Crippen molar-refractivity contribution in [2.75, 3.05) is 0 Å². The second kappa shape index (κ2) is 6.97. The van der Waals surface area contributed by atoms with Crippen molar-refractivity contribution in [1.29, 1.82) is 0 Å². The van der Waals surface area contributed by atoms with E-state index in [0.29, 0.717) is 5.02 Å². The van der Waals surface area contributed by atoms with Crippen molar-refractivity contribution < 1.29 is 4.79 Å². The van der Waals surface area contributed by atoms with Crippen LogP contribution in [0, 0.1) is 6.92 Å². The molecule has 4 nitrogen and oxygen atoms in total. The smallest absolute Gasteiger partial charge is 0.233 e. The van der Waals surface area contributed by atoms with Gasteiger partial charge in [-0.3, -0.25) is 9.36 Å². The number of nitrogens with one attached hydrogen (secondary N) is 1. The zero-order valence-electron chi connectivity index (χ0n) is 14.1. The van der Waals surface area contributed by atoms with E-state index in [4.69, 9.17) is 11.6 Å². The highest BCUT2D eigenvalue weighted by Gasteiger charge is 2.22. The van der Waals surface area contributed by atoms with Crippen LogP contribution in [-0.4, -0.2) is 26.2 Å². The monoisotopic (exact) mass is 351 g/mol. The molecule has 23 heavy (non-hydrogen) atoms. The van der Waals surface area contributed by atoms with Crippen LogP contribution in [0.15, 0.2) is 35.7 Å². The Balaban J connectivity index is 2.22. The van der Waals surface area contributed by atoms with E-state index >= 15 is 0 Å². The minimum Gasteiger partial charge on any atom is -0.351 e. The fraction of sp³-hybridized carbons (Fsp3) is 0.412. The average molecular weight is 352 g/mol. The number of thioether (sulfide) groups is 1. The number of hydrogen-bond donors (Lipinski definition) is 1.